The fourth-order valence-electron chi connectivity index (χ4n) is 16.9. The van der Waals surface area contributed by atoms with Crippen molar-refractivity contribution in [3.8, 4) is 72.9 Å². The fraction of sp³-hybridized carbons (Fsp3) is 0.439. The zero-order valence-electron chi connectivity index (χ0n) is 90.0. The molecule has 0 saturated heterocycles. The van der Waals surface area contributed by atoms with Crippen molar-refractivity contribution < 1.29 is 109 Å². The molecule has 4 unspecified atom stereocenters. The fourth-order valence-corrected chi connectivity index (χ4v) is 16.9. The van der Waals surface area contributed by atoms with E-state index in [9.17, 15) is 92.3 Å². The minimum Gasteiger partial charge on any atom is -0.428 e. The van der Waals surface area contributed by atoms with Crippen molar-refractivity contribution in [1.29, 1.82) is 0 Å². The number of hydrogen-bond donors (Lipinski definition) is 4. The van der Waals surface area contributed by atoms with Crippen LogP contribution in [0.4, 0.5) is 52.7 Å². The van der Waals surface area contributed by atoms with Crippen LogP contribution in [0.3, 0.4) is 0 Å². The molecule has 0 aromatic heterocycles. The average molecular weight is 1990 g/mol. The highest BCUT2D eigenvalue weighted by molar-refractivity contribution is 6.54. The monoisotopic (exact) mass is 1990 g/mol. The smallest absolute Gasteiger partial charge is 0.425 e. The highest BCUT2D eigenvalue weighted by Gasteiger charge is 2.66. The van der Waals surface area contributed by atoms with E-state index in [1.54, 1.807) is 85.7 Å². The van der Waals surface area contributed by atoms with Gasteiger partial charge in [0.05, 0.1) is 0 Å². The standard InChI is InChI=1S/3C18H15F3O3.C18H17F3O.C17H16O.2C3H9B.2C3H9N.6C2H6.CH4.2H2/c3*1-9-10(2)15-14(16(11(9)3)24-8-22)12-6-4-5-7-13(12)17(15,23)18(19,20)21;1-9-10(2)12(4)16-15(11(9)3)13-7-5-6-8-14(13)17(16,22)18(19,20)21;1-9-10(2)12(4)16-15(11(9)3)13-7-5-6-8-14(13)17(16)18;4*1-4(2)3;6*1-2;;;/h3*4-8,23H,1-3H3;5-8,22H,1-4H3;5-8H,1-4H3;4*1-3H3;6*1-2H3;1H4;2*1H/i;;;;;;;;;;;;;;;;2*1+2. The van der Waals surface area contributed by atoms with Crippen molar-refractivity contribution in [2.24, 2.45) is 0 Å². The number of aliphatic hydroxyl groups is 4. The molecule has 0 aliphatic heterocycles. The van der Waals surface area contributed by atoms with E-state index < -0.39 is 47.1 Å². The maximum atomic E-state index is 13.9. The zero-order chi connectivity index (χ0) is 109. The largest absolute Gasteiger partial charge is 0.428 e. The maximum Gasteiger partial charge on any atom is 0.425 e. The van der Waals surface area contributed by atoms with E-state index in [1.807, 2.05) is 167 Å². The Morgan fingerprint density at radius 1 is 0.262 bits per heavy atom. The number of ether oxygens (including phenoxy) is 3. The Bertz CT molecular complexity index is 5560. The lowest BCUT2D eigenvalue weighted by molar-refractivity contribution is -0.247. The van der Waals surface area contributed by atoms with E-state index in [0.29, 0.717) is 66.8 Å². The van der Waals surface area contributed by atoms with Gasteiger partial charge in [-0.25, -0.2) is 0 Å². The molecule has 4 N–H and O–H groups in total. The van der Waals surface area contributed by atoms with Gasteiger partial charge < -0.3 is 44.4 Å². The minimum atomic E-state index is -4.92. The average Bonchev–Trinajstić information content (AvgIpc) is 2.09. The number of ketones is 1. The number of alkyl halides is 12. The molecule has 0 radical (unpaired) electrons. The summed E-state index contributed by atoms with van der Waals surface area (Å²) in [7, 11) is 12.0. The third kappa shape index (κ3) is 25.8. The number of rotatable bonds is 6. The molecular weight excluding hydrogens is 1820 g/mol. The summed E-state index contributed by atoms with van der Waals surface area (Å²) >= 11 is 0. The van der Waals surface area contributed by atoms with Gasteiger partial charge in [-0.1, -0.05) is 253 Å². The first kappa shape index (κ1) is 130. The molecular formula is C114H158B2F12N2O11. The van der Waals surface area contributed by atoms with Gasteiger partial charge in [-0.3, -0.25) is 19.2 Å². The highest BCUT2D eigenvalue weighted by atomic mass is 19.4. The van der Waals surface area contributed by atoms with E-state index in [2.05, 4.69) is 74.7 Å². The topological polar surface area (TPSA) is 183 Å². The van der Waals surface area contributed by atoms with E-state index in [-0.39, 0.29) is 131 Å². The van der Waals surface area contributed by atoms with Crippen molar-refractivity contribution in [1.82, 2.24) is 9.80 Å². The van der Waals surface area contributed by atoms with Crippen LogP contribution in [0.5, 0.6) is 17.2 Å². The van der Waals surface area contributed by atoms with Crippen LogP contribution < -0.4 is 14.2 Å². The summed E-state index contributed by atoms with van der Waals surface area (Å²) in [6.07, 6.45) is -19.5. The molecule has 5 aliphatic rings. The molecule has 13 nitrogen and oxygen atoms in total. The van der Waals surface area contributed by atoms with Crippen LogP contribution in [0.2, 0.25) is 40.9 Å². The summed E-state index contributed by atoms with van der Waals surface area (Å²) in [6.45, 7) is 69.4. The van der Waals surface area contributed by atoms with Gasteiger partial charge in [0.1, 0.15) is 30.7 Å². The summed E-state index contributed by atoms with van der Waals surface area (Å²) in [4.78, 5) is 49.2. The molecule has 0 amide bonds. The summed E-state index contributed by atoms with van der Waals surface area (Å²) in [5.41, 5.74) is 4.35. The van der Waals surface area contributed by atoms with Crippen LogP contribution in [-0.2, 0) is 36.8 Å². The van der Waals surface area contributed by atoms with E-state index >= 15 is 0 Å². The van der Waals surface area contributed by atoms with E-state index in [4.69, 9.17) is 14.2 Å². The Kier molecular flexibility index (Phi) is 50.0. The van der Waals surface area contributed by atoms with Crippen LogP contribution >= 0.6 is 0 Å². The number of carbonyl (C=O) groups is 4. The predicted molar refractivity (Wildman–Crippen MR) is 565 cm³/mol. The van der Waals surface area contributed by atoms with Gasteiger partial charge in [-0.15, -0.1) is 0 Å². The lowest BCUT2D eigenvalue weighted by Crippen LogP contribution is -2.42. The van der Waals surface area contributed by atoms with Gasteiger partial charge in [-0.05, 0) is 294 Å². The zero-order valence-corrected chi connectivity index (χ0v) is 90.0. The Labute approximate surface area is 836 Å². The van der Waals surface area contributed by atoms with Crippen molar-refractivity contribution in [2.75, 3.05) is 42.3 Å². The van der Waals surface area contributed by atoms with Crippen molar-refractivity contribution in [2.45, 2.75) is 296 Å². The second-order valence-electron chi connectivity index (χ2n) is 35.0. The van der Waals surface area contributed by atoms with Gasteiger partial charge in [0.15, 0.2) is 5.78 Å². The van der Waals surface area contributed by atoms with E-state index in [0.717, 1.165) is 57.9 Å². The number of fused-ring (bicyclic) bond motifs is 15. The first-order valence-electron chi connectivity index (χ1n) is 47.4. The number of carbonyl (C=O) groups excluding carboxylic acids is 4. The molecule has 27 heteroatoms. The molecule has 4 atom stereocenters. The molecule has 0 saturated carbocycles. The normalized spacial score (nSPS) is 15.6. The quantitative estimate of drug-likeness (QED) is 0.0701. The lowest BCUT2D eigenvalue weighted by atomic mass is 9.58. The second kappa shape index (κ2) is 54.1. The number of benzene rings is 10. The SMILES string of the molecule is C.CB(C)C.CB(C)C.CC.CC.CC.CC.CC.CC.CN(C)C.CN(C)C.Cc1c(C)c(C)c2c(c1C)-c1ccccc1C2(O)C(F)(F)F.Cc1c(C)c(C)c2c(c1C)C(=O)c1ccccc1-2.Cc1c(C)c(OC=O)c2c(c1C)C(O)(C(F)(F)F)c1ccccc1-2.Cc1c(C)c(OC=O)c2c(c1C)C(O)(C(F)(F)F)c1ccccc1-2.Cc1c(C)c(OC=O)c2c(c1C)C(O)(C(F)(F)F)c1ccccc1-2.[3HH].[3HH]. The lowest BCUT2D eigenvalue weighted by Gasteiger charge is -2.30. The van der Waals surface area contributed by atoms with Crippen LogP contribution in [0.1, 0.15) is 248 Å². The molecule has 10 aromatic rings. The molecule has 0 spiro atoms. The Hall–Kier alpha value is -10.7. The first-order chi connectivity index (χ1) is 65.1. The third-order valence-electron chi connectivity index (χ3n) is 23.9. The third-order valence-corrected chi connectivity index (χ3v) is 23.9. The van der Waals surface area contributed by atoms with Gasteiger partial charge in [0, 0.05) is 75.2 Å². The van der Waals surface area contributed by atoms with Crippen LogP contribution in [0.25, 0.3) is 55.6 Å². The summed E-state index contributed by atoms with van der Waals surface area (Å²) in [5.74, 6) is 0.339. The van der Waals surface area contributed by atoms with Gasteiger partial charge >= 0.3 is 24.7 Å². The van der Waals surface area contributed by atoms with Crippen molar-refractivity contribution in [3.63, 3.8) is 0 Å². The number of hydrogen-bond acceptors (Lipinski definition) is 13. The molecule has 10 aromatic carbocycles. The van der Waals surface area contributed by atoms with Gasteiger partial charge in [-0.2, -0.15) is 52.7 Å². The summed E-state index contributed by atoms with van der Waals surface area (Å²) in [5, 5.41) is 43.0. The molecule has 15 rings (SSSR count). The maximum absolute atomic E-state index is 13.9. The predicted octanol–water partition coefficient (Wildman–Crippen LogP) is 31.0. The highest BCUT2D eigenvalue weighted by Crippen LogP contribution is 2.64. The number of nitrogens with zero attached hydrogens (tertiary/aromatic N) is 2. The Balaban J connectivity index is -0.00000160. The van der Waals surface area contributed by atoms with E-state index in [1.165, 1.54) is 104 Å². The van der Waals surface area contributed by atoms with Crippen molar-refractivity contribution >= 4 is 38.6 Å². The second-order valence-corrected chi connectivity index (χ2v) is 35.0. The molecule has 5 aliphatic carbocycles. The summed E-state index contributed by atoms with van der Waals surface area (Å²) in [6, 6.07) is 31.5. The number of halogens is 12. The minimum absolute atomic E-state index is 0. The first-order valence-corrected chi connectivity index (χ1v) is 47.4. The van der Waals surface area contributed by atoms with Gasteiger partial charge in [0.25, 0.3) is 19.4 Å². The summed E-state index contributed by atoms with van der Waals surface area (Å²) < 4.78 is 181. The Morgan fingerprint density at radius 3 is 0.624 bits per heavy atom. The Morgan fingerprint density at radius 2 is 0.418 bits per heavy atom. The van der Waals surface area contributed by atoms with Crippen LogP contribution in [0.15, 0.2) is 121 Å². The van der Waals surface area contributed by atoms with Crippen LogP contribution in [-0.4, -0.2) is 136 Å². The molecule has 780 valence electrons. The molecule has 0 bridgehead atoms. The van der Waals surface area contributed by atoms with Crippen molar-refractivity contribution in [3.05, 3.63) is 272 Å². The molecule has 141 heavy (non-hydrogen) atoms. The molecule has 0 heterocycles. The van der Waals surface area contributed by atoms with Gasteiger partial charge in [0.2, 0.25) is 22.4 Å². The van der Waals surface area contributed by atoms with Crippen LogP contribution in [0, 0.1) is 118 Å². The molecule has 0 fully saturated rings.